The topological polar surface area (TPSA) is 78.7 Å². The molecule has 0 atom stereocenters. The Morgan fingerprint density at radius 3 is 2.80 bits per heavy atom. The summed E-state index contributed by atoms with van der Waals surface area (Å²) >= 11 is 5.98. The molecule has 0 saturated carbocycles. The molecule has 3 N–H and O–H groups in total. The number of rotatable bonds is 4. The van der Waals surface area contributed by atoms with Crippen LogP contribution in [0.25, 0.3) is 0 Å². The fourth-order valence-electron chi connectivity index (χ4n) is 1.99. The highest BCUT2D eigenvalue weighted by Gasteiger charge is 2.25. The lowest BCUT2D eigenvalue weighted by Crippen LogP contribution is -2.32. The zero-order valence-corrected chi connectivity index (χ0v) is 12.0. The van der Waals surface area contributed by atoms with Crippen molar-refractivity contribution < 1.29 is 9.59 Å². The number of hydrogen-bond donors (Lipinski definition) is 2. The molecule has 2 rings (SSSR count). The average Bonchev–Trinajstić information content (AvgIpc) is 2.71. The maximum atomic E-state index is 11.8. The lowest BCUT2D eigenvalue weighted by atomic mass is 10.2. The van der Waals surface area contributed by atoms with Crippen molar-refractivity contribution >= 4 is 34.9 Å². The number of hydrogen-bond acceptors (Lipinski definition) is 3. The van der Waals surface area contributed by atoms with Gasteiger partial charge in [-0.05, 0) is 18.2 Å². The number of nitrogens with zero attached hydrogens (tertiary/aromatic N) is 2. The third kappa shape index (κ3) is 3.33. The molecule has 3 amide bonds. The molecule has 7 heteroatoms. The molecule has 0 aromatic heterocycles. The van der Waals surface area contributed by atoms with Gasteiger partial charge in [0, 0.05) is 38.8 Å². The van der Waals surface area contributed by atoms with Crippen molar-refractivity contribution in [1.29, 1.82) is 0 Å². The van der Waals surface area contributed by atoms with Gasteiger partial charge in [-0.3, -0.25) is 4.79 Å². The second kappa shape index (κ2) is 6.00. The second-order valence-electron chi connectivity index (χ2n) is 4.73. The van der Waals surface area contributed by atoms with Crippen LogP contribution >= 0.6 is 11.6 Å². The molecule has 6 nitrogen and oxygen atoms in total. The van der Waals surface area contributed by atoms with Crippen molar-refractivity contribution in [3.05, 3.63) is 23.2 Å². The Morgan fingerprint density at radius 2 is 2.20 bits per heavy atom. The van der Waals surface area contributed by atoms with Crippen LogP contribution in [0.15, 0.2) is 18.2 Å². The highest BCUT2D eigenvalue weighted by molar-refractivity contribution is 6.34. The van der Waals surface area contributed by atoms with Crippen LogP contribution in [-0.4, -0.2) is 48.4 Å². The number of urea groups is 1. The van der Waals surface area contributed by atoms with Crippen molar-refractivity contribution in [1.82, 2.24) is 9.80 Å². The third-order valence-corrected chi connectivity index (χ3v) is 3.49. The Labute approximate surface area is 122 Å². The SMILES string of the molecule is CN1CCN(CCC(=O)Nc2ccc(N)cc2Cl)C1=O. The summed E-state index contributed by atoms with van der Waals surface area (Å²) in [6.07, 6.45) is 0.236. The van der Waals surface area contributed by atoms with Crippen LogP contribution in [0.3, 0.4) is 0 Å². The summed E-state index contributed by atoms with van der Waals surface area (Å²) in [5, 5.41) is 3.11. The van der Waals surface area contributed by atoms with E-state index in [2.05, 4.69) is 5.32 Å². The molecule has 0 unspecified atom stereocenters. The first-order valence-electron chi connectivity index (χ1n) is 6.32. The summed E-state index contributed by atoms with van der Waals surface area (Å²) in [6.45, 7) is 1.76. The van der Waals surface area contributed by atoms with Gasteiger partial charge in [0.1, 0.15) is 0 Å². The van der Waals surface area contributed by atoms with Gasteiger partial charge in [0.05, 0.1) is 10.7 Å². The predicted octanol–water partition coefficient (Wildman–Crippen LogP) is 1.62. The van der Waals surface area contributed by atoms with E-state index in [-0.39, 0.29) is 18.4 Å². The van der Waals surface area contributed by atoms with E-state index >= 15 is 0 Å². The van der Waals surface area contributed by atoms with Crippen molar-refractivity contribution in [3.63, 3.8) is 0 Å². The fraction of sp³-hybridized carbons (Fsp3) is 0.385. The molecule has 108 valence electrons. The monoisotopic (exact) mass is 296 g/mol. The smallest absolute Gasteiger partial charge is 0.319 e. The van der Waals surface area contributed by atoms with E-state index in [1.54, 1.807) is 35.0 Å². The van der Waals surface area contributed by atoms with Crippen LogP contribution in [0.5, 0.6) is 0 Å². The Hall–Kier alpha value is -1.95. The molecular formula is C13H17ClN4O2. The fourth-order valence-corrected chi connectivity index (χ4v) is 2.23. The minimum atomic E-state index is -0.181. The number of carbonyl (C=O) groups excluding carboxylic acids is 2. The molecule has 0 radical (unpaired) electrons. The Kier molecular flexibility index (Phi) is 4.34. The van der Waals surface area contributed by atoms with E-state index in [0.717, 1.165) is 0 Å². The molecule has 1 saturated heterocycles. The summed E-state index contributed by atoms with van der Waals surface area (Å²) < 4.78 is 0. The second-order valence-corrected chi connectivity index (χ2v) is 5.14. The highest BCUT2D eigenvalue weighted by atomic mass is 35.5. The van der Waals surface area contributed by atoms with Crippen LogP contribution in [0, 0.1) is 0 Å². The summed E-state index contributed by atoms with van der Waals surface area (Å²) in [5.41, 5.74) is 6.65. The predicted molar refractivity (Wildman–Crippen MR) is 78.7 cm³/mol. The number of anilines is 2. The first-order chi connectivity index (χ1) is 9.47. The lowest BCUT2D eigenvalue weighted by Gasteiger charge is -2.15. The van der Waals surface area contributed by atoms with Gasteiger partial charge in [-0.1, -0.05) is 11.6 Å². The van der Waals surface area contributed by atoms with Gasteiger partial charge in [0.15, 0.2) is 0 Å². The minimum absolute atomic E-state index is 0.0386. The van der Waals surface area contributed by atoms with Crippen LogP contribution in [0.4, 0.5) is 16.2 Å². The number of amides is 3. The first-order valence-corrected chi connectivity index (χ1v) is 6.70. The Morgan fingerprint density at radius 1 is 1.45 bits per heavy atom. The van der Waals surface area contributed by atoms with Crippen LogP contribution < -0.4 is 11.1 Å². The number of nitrogens with two attached hydrogens (primary N) is 1. The maximum Gasteiger partial charge on any atom is 0.319 e. The molecule has 0 spiro atoms. The van der Waals surface area contributed by atoms with Crippen molar-refractivity contribution in [2.45, 2.75) is 6.42 Å². The van der Waals surface area contributed by atoms with Gasteiger partial charge in [0.2, 0.25) is 5.91 Å². The molecule has 0 aliphatic carbocycles. The third-order valence-electron chi connectivity index (χ3n) is 3.18. The quantitative estimate of drug-likeness (QED) is 0.829. The van der Waals surface area contributed by atoms with Gasteiger partial charge in [0.25, 0.3) is 0 Å². The van der Waals surface area contributed by atoms with Gasteiger partial charge in [-0.25, -0.2) is 4.79 Å². The molecule has 1 aliphatic rings. The number of nitrogen functional groups attached to an aromatic ring is 1. The summed E-state index contributed by atoms with van der Waals surface area (Å²) in [6, 6.07) is 4.87. The number of likely N-dealkylation sites (N-methyl/N-ethyl adjacent to an activating group) is 1. The minimum Gasteiger partial charge on any atom is -0.399 e. The van der Waals surface area contributed by atoms with Crippen molar-refractivity contribution in [2.24, 2.45) is 0 Å². The molecule has 1 heterocycles. The normalized spacial score (nSPS) is 14.8. The van der Waals surface area contributed by atoms with Gasteiger partial charge >= 0.3 is 6.03 Å². The zero-order valence-electron chi connectivity index (χ0n) is 11.2. The molecule has 20 heavy (non-hydrogen) atoms. The van der Waals surface area contributed by atoms with Crippen LogP contribution in [-0.2, 0) is 4.79 Å². The van der Waals surface area contributed by atoms with E-state index in [0.29, 0.717) is 36.0 Å². The number of halogens is 1. The van der Waals surface area contributed by atoms with E-state index in [1.807, 2.05) is 0 Å². The standard InChI is InChI=1S/C13H17ClN4O2/c1-17-6-7-18(13(17)20)5-4-12(19)16-11-3-2-9(15)8-10(11)14/h2-3,8H,4-7,15H2,1H3,(H,16,19). The highest BCUT2D eigenvalue weighted by Crippen LogP contribution is 2.24. The van der Waals surface area contributed by atoms with Crippen LogP contribution in [0.1, 0.15) is 6.42 Å². The molecule has 1 aromatic rings. The number of nitrogens with one attached hydrogen (secondary N) is 1. The summed E-state index contributed by atoms with van der Waals surface area (Å²) in [4.78, 5) is 26.8. The molecular weight excluding hydrogens is 280 g/mol. The molecule has 1 aliphatic heterocycles. The van der Waals surface area contributed by atoms with E-state index < -0.39 is 0 Å². The first kappa shape index (κ1) is 14.5. The van der Waals surface area contributed by atoms with Gasteiger partial charge in [-0.15, -0.1) is 0 Å². The van der Waals surface area contributed by atoms with Gasteiger partial charge < -0.3 is 20.9 Å². The molecule has 0 bridgehead atoms. The number of carbonyl (C=O) groups is 2. The lowest BCUT2D eigenvalue weighted by molar-refractivity contribution is -0.116. The maximum absolute atomic E-state index is 11.8. The summed E-state index contributed by atoms with van der Waals surface area (Å²) in [7, 11) is 1.75. The summed E-state index contributed by atoms with van der Waals surface area (Å²) in [5.74, 6) is -0.181. The van der Waals surface area contributed by atoms with E-state index in [4.69, 9.17) is 17.3 Å². The van der Waals surface area contributed by atoms with Crippen molar-refractivity contribution in [3.8, 4) is 0 Å². The van der Waals surface area contributed by atoms with Crippen LogP contribution in [0.2, 0.25) is 5.02 Å². The zero-order chi connectivity index (χ0) is 14.7. The molecule has 1 fully saturated rings. The largest absolute Gasteiger partial charge is 0.399 e. The Bertz CT molecular complexity index is 535. The Balaban J connectivity index is 1.85. The average molecular weight is 297 g/mol. The number of benzene rings is 1. The molecule has 1 aromatic carbocycles. The van der Waals surface area contributed by atoms with E-state index in [9.17, 15) is 9.59 Å². The van der Waals surface area contributed by atoms with Gasteiger partial charge in [-0.2, -0.15) is 0 Å². The van der Waals surface area contributed by atoms with E-state index in [1.165, 1.54) is 0 Å². The van der Waals surface area contributed by atoms with Crippen molar-refractivity contribution in [2.75, 3.05) is 37.7 Å².